The van der Waals surface area contributed by atoms with Crippen LogP contribution in [0.1, 0.15) is 54.0 Å². The zero-order valence-corrected chi connectivity index (χ0v) is 21.6. The molecule has 0 unspecified atom stereocenters. The largest absolute Gasteiger partial charge is 0.512 e. The summed E-state index contributed by atoms with van der Waals surface area (Å²) in [6, 6.07) is 2.37. The van der Waals surface area contributed by atoms with E-state index in [4.69, 9.17) is 43.3 Å². The number of nitrogens with one attached hydrogen (secondary N) is 1. The second-order valence-electron chi connectivity index (χ2n) is 9.05. The number of amides is 2. The number of hydrogen-bond acceptors (Lipinski definition) is 8. The van der Waals surface area contributed by atoms with Crippen LogP contribution in [0.2, 0.25) is 10.0 Å². The minimum absolute atomic E-state index is 0.0854. The molecule has 1 aromatic rings. The lowest BCUT2D eigenvalue weighted by molar-refractivity contribution is 0.00542. The van der Waals surface area contributed by atoms with Crippen molar-refractivity contribution in [3.8, 4) is 0 Å². The third-order valence-electron chi connectivity index (χ3n) is 3.60. The number of hydrogen-bond donors (Lipinski definition) is 3. The third kappa shape index (κ3) is 8.92. The number of nitrogens with zero attached hydrogens (tertiary/aromatic N) is 1. The van der Waals surface area contributed by atoms with Gasteiger partial charge in [0.1, 0.15) is 23.6 Å². The molecule has 0 aliphatic rings. The minimum atomic E-state index is -1.14. The Labute approximate surface area is 208 Å². The summed E-state index contributed by atoms with van der Waals surface area (Å²) in [7, 11) is 0. The molecule has 0 aromatic heterocycles. The Morgan fingerprint density at radius 3 is 2.03 bits per heavy atom. The molecule has 1 rings (SSSR count). The molecule has 0 radical (unpaired) electrons. The quantitative estimate of drug-likeness (QED) is 0.138. The number of aliphatic hydroxyl groups excluding tert-OH is 1. The number of carbonyl (C=O) groups is 2. The Kier molecular flexibility index (Phi) is 10.0. The van der Waals surface area contributed by atoms with Crippen LogP contribution < -0.4 is 11.3 Å². The first kappa shape index (κ1) is 29.3. The van der Waals surface area contributed by atoms with E-state index in [1.165, 1.54) is 13.0 Å². The van der Waals surface area contributed by atoms with Crippen LogP contribution in [0.5, 0.6) is 0 Å². The highest BCUT2D eigenvalue weighted by atomic mass is 35.5. The van der Waals surface area contributed by atoms with Crippen LogP contribution in [0.25, 0.3) is 0 Å². The van der Waals surface area contributed by atoms with Crippen molar-refractivity contribution in [2.24, 2.45) is 5.84 Å². The second-order valence-corrected chi connectivity index (χ2v) is 9.83. The van der Waals surface area contributed by atoms with Crippen molar-refractivity contribution in [3.05, 3.63) is 57.0 Å². The van der Waals surface area contributed by atoms with Crippen LogP contribution in [-0.4, -0.2) is 33.4 Å². The lowest BCUT2D eigenvalue weighted by Gasteiger charge is -2.30. The SMILES string of the molecule is CC(O)=C/C(OCc1c(Cl)ccc(F)c1Cl)=C(\NN)N(C(=O)OC(C)(C)C)C(=O)OC(C)(C)C. The van der Waals surface area contributed by atoms with E-state index in [0.717, 1.165) is 12.1 Å². The summed E-state index contributed by atoms with van der Waals surface area (Å²) in [6.07, 6.45) is -1.21. The number of benzene rings is 1. The number of allylic oxidation sites excluding steroid dienone is 2. The van der Waals surface area contributed by atoms with E-state index < -0.39 is 41.6 Å². The maximum absolute atomic E-state index is 13.9. The van der Waals surface area contributed by atoms with E-state index in [1.807, 2.05) is 0 Å². The molecule has 0 aliphatic carbocycles. The van der Waals surface area contributed by atoms with Gasteiger partial charge in [-0.2, -0.15) is 4.90 Å². The van der Waals surface area contributed by atoms with Crippen LogP contribution in [0, 0.1) is 5.82 Å². The normalized spacial score (nSPS) is 13.1. The van der Waals surface area contributed by atoms with Gasteiger partial charge in [-0.05, 0) is 60.6 Å². The zero-order chi connectivity index (χ0) is 26.4. The first-order chi connectivity index (χ1) is 15.5. The van der Waals surface area contributed by atoms with Gasteiger partial charge in [0.15, 0.2) is 11.6 Å². The van der Waals surface area contributed by atoms with Crippen molar-refractivity contribution in [1.82, 2.24) is 10.3 Å². The summed E-state index contributed by atoms with van der Waals surface area (Å²) in [4.78, 5) is 26.4. The summed E-state index contributed by atoms with van der Waals surface area (Å²) in [5, 5.41) is 9.69. The topological polar surface area (TPSA) is 123 Å². The fourth-order valence-corrected chi connectivity index (χ4v) is 2.82. The van der Waals surface area contributed by atoms with Gasteiger partial charge < -0.3 is 24.7 Å². The van der Waals surface area contributed by atoms with Crippen LogP contribution in [0.4, 0.5) is 14.0 Å². The minimum Gasteiger partial charge on any atom is -0.512 e. The standard InChI is InChI=1S/C22H30Cl2FN3O6/c1-12(29)10-16(32-11-13-14(23)8-9-15(25)17(13)24)18(27-26)28(19(30)33-21(2,3)4)20(31)34-22(5,6)7/h8-10,27,29H,11,26H2,1-7H3/b12-10?,18-16-. The Balaban J connectivity index is 3.61. The molecule has 0 aliphatic heterocycles. The first-order valence-electron chi connectivity index (χ1n) is 10.1. The number of rotatable bonds is 6. The lowest BCUT2D eigenvalue weighted by atomic mass is 10.2. The number of nitrogens with two attached hydrogens (primary N) is 1. The fourth-order valence-electron chi connectivity index (χ4n) is 2.34. The Morgan fingerprint density at radius 2 is 1.62 bits per heavy atom. The number of imide groups is 1. The van der Waals surface area contributed by atoms with Crippen LogP contribution in [-0.2, 0) is 20.8 Å². The second kappa shape index (κ2) is 11.6. The molecule has 0 saturated heterocycles. The van der Waals surface area contributed by atoms with Crippen molar-refractivity contribution >= 4 is 35.4 Å². The molecule has 0 bridgehead atoms. The van der Waals surface area contributed by atoms with Gasteiger partial charge >= 0.3 is 12.2 Å². The van der Waals surface area contributed by atoms with Gasteiger partial charge in [-0.3, -0.25) is 0 Å². The molecule has 34 heavy (non-hydrogen) atoms. The van der Waals surface area contributed by atoms with Gasteiger partial charge in [0.25, 0.3) is 0 Å². The maximum atomic E-state index is 13.9. The van der Waals surface area contributed by atoms with E-state index in [-0.39, 0.29) is 27.1 Å². The molecule has 12 heteroatoms. The van der Waals surface area contributed by atoms with Gasteiger partial charge in [0, 0.05) is 16.7 Å². The van der Waals surface area contributed by atoms with Crippen molar-refractivity contribution in [1.29, 1.82) is 0 Å². The van der Waals surface area contributed by atoms with E-state index in [9.17, 15) is 19.1 Å². The maximum Gasteiger partial charge on any atom is 0.425 e. The third-order valence-corrected chi connectivity index (χ3v) is 4.36. The number of ether oxygens (including phenoxy) is 3. The van der Waals surface area contributed by atoms with Crippen LogP contribution in [0.15, 0.2) is 35.5 Å². The highest BCUT2D eigenvalue weighted by molar-refractivity contribution is 6.36. The molecular weight excluding hydrogens is 492 g/mol. The number of aliphatic hydroxyl groups is 1. The Hall–Kier alpha value is -2.69. The summed E-state index contributed by atoms with van der Waals surface area (Å²) in [5.74, 6) is 3.91. The van der Waals surface area contributed by atoms with Crippen LogP contribution >= 0.6 is 23.2 Å². The average molecular weight is 522 g/mol. The number of halogens is 3. The predicted molar refractivity (Wildman–Crippen MR) is 126 cm³/mol. The molecule has 1 aromatic carbocycles. The molecular formula is C22H30Cl2FN3O6. The van der Waals surface area contributed by atoms with E-state index in [2.05, 4.69) is 5.43 Å². The molecule has 0 heterocycles. The summed E-state index contributed by atoms with van der Waals surface area (Å²) < 4.78 is 30.2. The number of carbonyl (C=O) groups excluding carboxylic acids is 2. The van der Waals surface area contributed by atoms with Gasteiger partial charge in [-0.1, -0.05) is 23.2 Å². The Bertz CT molecular complexity index is 952. The molecule has 0 saturated carbocycles. The van der Waals surface area contributed by atoms with Gasteiger partial charge in [0.05, 0.1) is 10.8 Å². The van der Waals surface area contributed by atoms with Gasteiger partial charge in [0.2, 0.25) is 0 Å². The van der Waals surface area contributed by atoms with Crippen molar-refractivity contribution in [2.75, 3.05) is 0 Å². The summed E-state index contributed by atoms with van der Waals surface area (Å²) in [5.41, 5.74) is 0.321. The van der Waals surface area contributed by atoms with E-state index in [1.54, 1.807) is 41.5 Å². The summed E-state index contributed by atoms with van der Waals surface area (Å²) >= 11 is 12.1. The molecule has 0 fully saturated rings. The van der Waals surface area contributed by atoms with Gasteiger partial charge in [-0.25, -0.2) is 19.8 Å². The highest BCUT2D eigenvalue weighted by Crippen LogP contribution is 2.29. The monoisotopic (exact) mass is 521 g/mol. The first-order valence-corrected chi connectivity index (χ1v) is 10.8. The number of hydrazine groups is 1. The molecule has 4 N–H and O–H groups in total. The molecule has 9 nitrogen and oxygen atoms in total. The Morgan fingerprint density at radius 1 is 1.12 bits per heavy atom. The summed E-state index contributed by atoms with van der Waals surface area (Å²) in [6.45, 7) is 10.5. The molecule has 2 amide bonds. The van der Waals surface area contributed by atoms with Crippen molar-refractivity contribution in [3.63, 3.8) is 0 Å². The molecule has 0 atom stereocenters. The lowest BCUT2D eigenvalue weighted by Crippen LogP contribution is -2.48. The van der Waals surface area contributed by atoms with Gasteiger partial charge in [-0.15, -0.1) is 0 Å². The fraction of sp³-hybridized carbons (Fsp3) is 0.455. The van der Waals surface area contributed by atoms with Crippen molar-refractivity contribution < 1.29 is 33.3 Å². The van der Waals surface area contributed by atoms with E-state index >= 15 is 0 Å². The smallest absolute Gasteiger partial charge is 0.425 e. The highest BCUT2D eigenvalue weighted by Gasteiger charge is 2.36. The average Bonchev–Trinajstić information content (AvgIpc) is 2.64. The van der Waals surface area contributed by atoms with E-state index in [0.29, 0.717) is 4.90 Å². The molecule has 0 spiro atoms. The molecule has 190 valence electrons. The van der Waals surface area contributed by atoms with Crippen LogP contribution in [0.3, 0.4) is 0 Å². The zero-order valence-electron chi connectivity index (χ0n) is 20.1. The predicted octanol–water partition coefficient (Wildman–Crippen LogP) is 5.92. The van der Waals surface area contributed by atoms with Crippen molar-refractivity contribution in [2.45, 2.75) is 66.3 Å².